The number of thiazole rings is 1. The fraction of sp³-hybridized carbons (Fsp3) is 0.182. The highest BCUT2D eigenvalue weighted by atomic mass is 32.2. The monoisotopic (exact) mass is 492 g/mol. The molecule has 0 radical (unpaired) electrons. The van der Waals surface area contributed by atoms with Crippen molar-refractivity contribution in [2.75, 3.05) is 5.32 Å². The summed E-state index contributed by atoms with van der Waals surface area (Å²) < 4.78 is 5.70. The predicted octanol–water partition coefficient (Wildman–Crippen LogP) is 3.19. The number of fused-ring (bicyclic) bond motifs is 1. The fourth-order valence-corrected chi connectivity index (χ4v) is 5.20. The Balaban J connectivity index is 1.40. The molecule has 3 heterocycles. The van der Waals surface area contributed by atoms with Crippen LogP contribution in [0.5, 0.6) is 0 Å². The van der Waals surface area contributed by atoms with Crippen molar-refractivity contribution in [2.45, 2.75) is 24.3 Å². The van der Waals surface area contributed by atoms with Gasteiger partial charge in [-0.15, -0.1) is 5.10 Å². The fourth-order valence-electron chi connectivity index (χ4n) is 3.54. The highest BCUT2D eigenvalue weighted by Crippen LogP contribution is 2.28. The van der Waals surface area contributed by atoms with E-state index < -0.39 is 5.25 Å². The summed E-state index contributed by atoms with van der Waals surface area (Å²) in [4.78, 5) is 30.6. The lowest BCUT2D eigenvalue weighted by Crippen LogP contribution is -2.24. The second-order valence-corrected chi connectivity index (χ2v) is 9.86. The van der Waals surface area contributed by atoms with Crippen LogP contribution in [0.1, 0.15) is 12.6 Å². The van der Waals surface area contributed by atoms with Crippen molar-refractivity contribution in [3.05, 3.63) is 70.6 Å². The molecule has 0 saturated carbocycles. The standard InChI is InChI=1S/C22H20N8O2S2/c1-13-18(20(32)30(28(13)3)15-9-5-4-6-10-15)29-22(25-26-27-29)33-14(2)19(31)24-21-23-16-11-7-8-12-17(16)34-21/h4-12,14H,1-3H3,(H,23,24,31). The lowest BCUT2D eigenvalue weighted by atomic mass is 10.3. The minimum atomic E-state index is -0.530. The summed E-state index contributed by atoms with van der Waals surface area (Å²) in [5, 5.41) is 15.1. The molecule has 0 aliphatic carbocycles. The maximum atomic E-state index is 13.3. The maximum absolute atomic E-state index is 13.3. The van der Waals surface area contributed by atoms with E-state index in [2.05, 4.69) is 25.8 Å². The van der Waals surface area contributed by atoms with Gasteiger partial charge in [-0.1, -0.05) is 53.4 Å². The van der Waals surface area contributed by atoms with Gasteiger partial charge < -0.3 is 5.32 Å². The number of amides is 1. The Bertz CT molecular complexity index is 1520. The minimum absolute atomic E-state index is 0.231. The molecule has 0 saturated heterocycles. The largest absolute Gasteiger partial charge is 0.301 e. The van der Waals surface area contributed by atoms with Crippen LogP contribution in [0.4, 0.5) is 5.13 Å². The number of tetrazole rings is 1. The van der Waals surface area contributed by atoms with E-state index in [1.165, 1.54) is 27.8 Å². The summed E-state index contributed by atoms with van der Waals surface area (Å²) in [6.45, 7) is 3.59. The van der Waals surface area contributed by atoms with Crippen molar-refractivity contribution in [3.63, 3.8) is 0 Å². The highest BCUT2D eigenvalue weighted by molar-refractivity contribution is 8.00. The quantitative estimate of drug-likeness (QED) is 0.362. The van der Waals surface area contributed by atoms with Crippen LogP contribution in [0, 0.1) is 6.92 Å². The molecule has 5 rings (SSSR count). The Kier molecular flexibility index (Phi) is 5.75. The summed E-state index contributed by atoms with van der Waals surface area (Å²) in [5.74, 6) is -0.231. The van der Waals surface area contributed by atoms with Crippen molar-refractivity contribution in [3.8, 4) is 11.4 Å². The number of nitrogens with zero attached hydrogens (tertiary/aromatic N) is 7. The molecule has 0 fully saturated rings. The number of carbonyl (C=O) groups is 1. The molecule has 172 valence electrons. The van der Waals surface area contributed by atoms with E-state index >= 15 is 0 Å². The number of anilines is 1. The number of benzene rings is 2. The lowest BCUT2D eigenvalue weighted by molar-refractivity contribution is -0.115. The number of hydrogen-bond donors (Lipinski definition) is 1. The zero-order chi connectivity index (χ0) is 23.8. The van der Waals surface area contributed by atoms with E-state index in [9.17, 15) is 9.59 Å². The first-order chi connectivity index (χ1) is 16.4. The van der Waals surface area contributed by atoms with Crippen LogP contribution in [0.3, 0.4) is 0 Å². The van der Waals surface area contributed by atoms with E-state index in [0.29, 0.717) is 21.7 Å². The second-order valence-electron chi connectivity index (χ2n) is 7.52. The first-order valence-corrected chi connectivity index (χ1v) is 12.1. The van der Waals surface area contributed by atoms with Gasteiger partial charge in [0.1, 0.15) is 0 Å². The van der Waals surface area contributed by atoms with Crippen LogP contribution >= 0.6 is 23.1 Å². The molecule has 12 heteroatoms. The second kappa shape index (κ2) is 8.88. The van der Waals surface area contributed by atoms with Crippen LogP contribution in [-0.2, 0) is 11.8 Å². The SMILES string of the molecule is Cc1c(-n2nnnc2SC(C)C(=O)Nc2nc3ccccc3s2)c(=O)n(-c2ccccc2)n1C. The molecule has 1 atom stereocenters. The lowest BCUT2D eigenvalue weighted by Gasteiger charge is -2.09. The number of thioether (sulfide) groups is 1. The normalized spacial score (nSPS) is 12.2. The molecule has 34 heavy (non-hydrogen) atoms. The summed E-state index contributed by atoms with van der Waals surface area (Å²) in [6, 6.07) is 17.0. The molecule has 0 aliphatic rings. The van der Waals surface area contributed by atoms with Crippen LogP contribution in [0.15, 0.2) is 64.5 Å². The molecule has 0 bridgehead atoms. The molecule has 1 amide bonds. The summed E-state index contributed by atoms with van der Waals surface area (Å²) in [7, 11) is 1.80. The van der Waals surface area contributed by atoms with Gasteiger partial charge >= 0.3 is 0 Å². The van der Waals surface area contributed by atoms with Crippen LogP contribution < -0.4 is 10.9 Å². The Hall–Kier alpha value is -3.77. The van der Waals surface area contributed by atoms with Gasteiger partial charge in [0.25, 0.3) is 5.56 Å². The zero-order valence-corrected chi connectivity index (χ0v) is 20.2. The van der Waals surface area contributed by atoms with Gasteiger partial charge in [-0.2, -0.15) is 4.68 Å². The third-order valence-corrected chi connectivity index (χ3v) is 7.34. The van der Waals surface area contributed by atoms with Gasteiger partial charge in [0.15, 0.2) is 10.8 Å². The molecule has 5 aromatic rings. The Morgan fingerprint density at radius 2 is 1.85 bits per heavy atom. The zero-order valence-electron chi connectivity index (χ0n) is 18.5. The van der Waals surface area contributed by atoms with E-state index in [1.807, 2.05) is 61.5 Å². The van der Waals surface area contributed by atoms with E-state index in [1.54, 1.807) is 23.3 Å². The smallest absolute Gasteiger partial charge is 0.297 e. The van der Waals surface area contributed by atoms with Crippen molar-refractivity contribution in [1.29, 1.82) is 0 Å². The Morgan fingerprint density at radius 3 is 2.62 bits per heavy atom. The van der Waals surface area contributed by atoms with E-state index in [0.717, 1.165) is 15.9 Å². The summed E-state index contributed by atoms with van der Waals surface area (Å²) in [5.41, 5.74) is 2.33. The number of rotatable bonds is 6. The van der Waals surface area contributed by atoms with Crippen molar-refractivity contribution >= 4 is 44.4 Å². The third-order valence-electron chi connectivity index (χ3n) is 5.35. The van der Waals surface area contributed by atoms with Crippen molar-refractivity contribution < 1.29 is 4.79 Å². The molecular weight excluding hydrogens is 472 g/mol. The third kappa shape index (κ3) is 3.90. The summed E-state index contributed by atoms with van der Waals surface area (Å²) >= 11 is 2.58. The van der Waals surface area contributed by atoms with Crippen LogP contribution in [0.25, 0.3) is 21.6 Å². The molecule has 0 aliphatic heterocycles. The average Bonchev–Trinajstić information content (AvgIpc) is 3.51. The van der Waals surface area contributed by atoms with Gasteiger partial charge in [0.2, 0.25) is 11.1 Å². The van der Waals surface area contributed by atoms with Crippen LogP contribution in [-0.4, -0.2) is 45.7 Å². The highest BCUT2D eigenvalue weighted by Gasteiger charge is 2.25. The first kappa shape index (κ1) is 22.0. The first-order valence-electron chi connectivity index (χ1n) is 10.4. The molecule has 1 N–H and O–H groups in total. The molecule has 3 aromatic heterocycles. The predicted molar refractivity (Wildman–Crippen MR) is 132 cm³/mol. The maximum Gasteiger partial charge on any atom is 0.297 e. The summed E-state index contributed by atoms with van der Waals surface area (Å²) in [6.07, 6.45) is 0. The van der Waals surface area contributed by atoms with E-state index in [-0.39, 0.29) is 11.5 Å². The molecular formula is C22H20N8O2S2. The van der Waals surface area contributed by atoms with Gasteiger partial charge in [-0.25, -0.2) is 9.67 Å². The number of nitrogens with one attached hydrogen (secondary N) is 1. The number of hydrogen-bond acceptors (Lipinski definition) is 8. The Morgan fingerprint density at radius 1 is 1.12 bits per heavy atom. The average molecular weight is 493 g/mol. The molecule has 1 unspecified atom stereocenters. The molecule has 0 spiro atoms. The van der Waals surface area contributed by atoms with Crippen molar-refractivity contribution in [1.82, 2.24) is 34.6 Å². The minimum Gasteiger partial charge on any atom is -0.301 e. The Labute approximate surface area is 202 Å². The molecule has 10 nitrogen and oxygen atoms in total. The molecule has 2 aromatic carbocycles. The van der Waals surface area contributed by atoms with Gasteiger partial charge in [-0.05, 0) is 48.5 Å². The van der Waals surface area contributed by atoms with E-state index in [4.69, 9.17) is 0 Å². The van der Waals surface area contributed by atoms with Gasteiger partial charge in [0.05, 0.1) is 26.8 Å². The van der Waals surface area contributed by atoms with Crippen molar-refractivity contribution in [2.24, 2.45) is 7.05 Å². The number of carbonyl (C=O) groups excluding carboxylic acids is 1. The van der Waals surface area contributed by atoms with Crippen LogP contribution in [0.2, 0.25) is 0 Å². The topological polar surface area (TPSA) is 113 Å². The number of aromatic nitrogens is 7. The van der Waals surface area contributed by atoms with Gasteiger partial charge in [0, 0.05) is 7.05 Å². The number of para-hydroxylation sites is 2. The van der Waals surface area contributed by atoms with Gasteiger partial charge in [-0.3, -0.25) is 14.3 Å².